The van der Waals surface area contributed by atoms with Gasteiger partial charge in [0.25, 0.3) is 0 Å². The van der Waals surface area contributed by atoms with Gasteiger partial charge in [-0.25, -0.2) is 0 Å². The molecule has 0 fully saturated rings. The molecule has 19 heavy (non-hydrogen) atoms. The lowest BCUT2D eigenvalue weighted by Crippen LogP contribution is -2.18. The zero-order chi connectivity index (χ0) is 13.8. The molecule has 2 nitrogen and oxygen atoms in total. The summed E-state index contributed by atoms with van der Waals surface area (Å²) in [5.41, 5.74) is 8.21. The highest BCUT2D eigenvalue weighted by molar-refractivity contribution is 6.30. The van der Waals surface area contributed by atoms with Gasteiger partial charge >= 0.3 is 0 Å². The van der Waals surface area contributed by atoms with Crippen LogP contribution < -0.4 is 10.5 Å². The first-order chi connectivity index (χ1) is 9.04. The van der Waals surface area contributed by atoms with Gasteiger partial charge in [0, 0.05) is 11.1 Å². The van der Waals surface area contributed by atoms with Crippen LogP contribution in [0.2, 0.25) is 5.02 Å². The summed E-state index contributed by atoms with van der Waals surface area (Å²) < 4.78 is 5.91. The second kappa shape index (κ2) is 6.09. The molecule has 1 atom stereocenters. The summed E-state index contributed by atoms with van der Waals surface area (Å²) in [4.78, 5) is 0. The summed E-state index contributed by atoms with van der Waals surface area (Å²) in [7, 11) is 0. The molecule has 0 radical (unpaired) electrons. The summed E-state index contributed by atoms with van der Waals surface area (Å²) in [6.07, 6.45) is 0.789. The zero-order valence-corrected chi connectivity index (χ0v) is 11.9. The van der Waals surface area contributed by atoms with Crippen LogP contribution in [0.15, 0.2) is 42.5 Å². The molecule has 0 aromatic heterocycles. The molecule has 0 aliphatic rings. The molecule has 100 valence electrons. The van der Waals surface area contributed by atoms with Crippen molar-refractivity contribution in [1.82, 2.24) is 0 Å². The smallest absolute Gasteiger partial charge is 0.130 e. The maximum atomic E-state index is 5.96. The number of aryl methyl sites for hydroxylation is 1. The Morgan fingerprint density at radius 2 is 2.00 bits per heavy atom. The molecule has 0 saturated carbocycles. The largest absolute Gasteiger partial charge is 0.457 e. The van der Waals surface area contributed by atoms with E-state index in [0.717, 1.165) is 23.5 Å². The molecule has 0 saturated heterocycles. The van der Waals surface area contributed by atoms with Crippen LogP contribution in [0.3, 0.4) is 0 Å². The van der Waals surface area contributed by atoms with Gasteiger partial charge in [-0.1, -0.05) is 35.4 Å². The van der Waals surface area contributed by atoms with Crippen molar-refractivity contribution in [2.45, 2.75) is 26.3 Å². The molecule has 2 aromatic carbocycles. The van der Waals surface area contributed by atoms with E-state index in [4.69, 9.17) is 22.1 Å². The zero-order valence-electron chi connectivity index (χ0n) is 11.2. The standard InChI is InChI=1S/C16H18ClNO/c1-11-6-7-16(13(8-11)9-12(2)18)19-15-5-3-4-14(17)10-15/h3-8,10,12H,9,18H2,1-2H3. The average molecular weight is 276 g/mol. The van der Waals surface area contributed by atoms with Crippen molar-refractivity contribution >= 4 is 11.6 Å². The van der Waals surface area contributed by atoms with Crippen molar-refractivity contribution in [2.75, 3.05) is 0 Å². The van der Waals surface area contributed by atoms with Gasteiger partial charge in [0.2, 0.25) is 0 Å². The van der Waals surface area contributed by atoms with Crippen LogP contribution in [0.25, 0.3) is 0 Å². The van der Waals surface area contributed by atoms with E-state index in [1.165, 1.54) is 5.56 Å². The van der Waals surface area contributed by atoms with E-state index in [1.807, 2.05) is 37.3 Å². The van der Waals surface area contributed by atoms with Crippen molar-refractivity contribution in [2.24, 2.45) is 5.73 Å². The third-order valence-corrected chi connectivity index (χ3v) is 3.02. The number of nitrogens with two attached hydrogens (primary N) is 1. The lowest BCUT2D eigenvalue weighted by molar-refractivity contribution is 0.473. The van der Waals surface area contributed by atoms with Gasteiger partial charge < -0.3 is 10.5 Å². The summed E-state index contributed by atoms with van der Waals surface area (Å²) in [6.45, 7) is 4.05. The number of hydrogen-bond acceptors (Lipinski definition) is 2. The molecule has 0 amide bonds. The van der Waals surface area contributed by atoms with Gasteiger partial charge in [-0.2, -0.15) is 0 Å². The van der Waals surface area contributed by atoms with Gasteiger partial charge in [0.1, 0.15) is 11.5 Å². The van der Waals surface area contributed by atoms with E-state index in [-0.39, 0.29) is 6.04 Å². The molecule has 3 heteroatoms. The monoisotopic (exact) mass is 275 g/mol. The van der Waals surface area contributed by atoms with Crippen LogP contribution in [0.5, 0.6) is 11.5 Å². The fourth-order valence-corrected chi connectivity index (χ4v) is 2.15. The first-order valence-corrected chi connectivity index (χ1v) is 6.71. The normalized spacial score (nSPS) is 12.2. The summed E-state index contributed by atoms with van der Waals surface area (Å²) in [5, 5.41) is 0.665. The summed E-state index contributed by atoms with van der Waals surface area (Å²) >= 11 is 5.96. The van der Waals surface area contributed by atoms with E-state index in [9.17, 15) is 0 Å². The highest BCUT2D eigenvalue weighted by atomic mass is 35.5. The number of hydrogen-bond donors (Lipinski definition) is 1. The lowest BCUT2D eigenvalue weighted by atomic mass is 10.0. The molecule has 0 heterocycles. The van der Waals surface area contributed by atoms with Gasteiger partial charge in [0.05, 0.1) is 0 Å². The molecule has 2 rings (SSSR count). The first kappa shape index (κ1) is 13.9. The number of halogens is 1. The third-order valence-electron chi connectivity index (χ3n) is 2.78. The van der Waals surface area contributed by atoms with E-state index in [2.05, 4.69) is 13.0 Å². The van der Waals surface area contributed by atoms with Crippen molar-refractivity contribution in [3.63, 3.8) is 0 Å². The van der Waals surface area contributed by atoms with Gasteiger partial charge in [-0.15, -0.1) is 0 Å². The lowest BCUT2D eigenvalue weighted by Gasteiger charge is -2.14. The van der Waals surface area contributed by atoms with Gasteiger partial charge in [-0.05, 0) is 50.1 Å². The molecule has 0 aliphatic carbocycles. The number of benzene rings is 2. The molecule has 0 spiro atoms. The first-order valence-electron chi connectivity index (χ1n) is 6.33. The Bertz CT molecular complexity index is 566. The average Bonchev–Trinajstić information content (AvgIpc) is 2.32. The minimum Gasteiger partial charge on any atom is -0.457 e. The minimum atomic E-state index is 0.100. The Labute approximate surface area is 119 Å². The second-order valence-corrected chi connectivity index (χ2v) is 5.29. The van der Waals surface area contributed by atoms with Crippen LogP contribution in [-0.2, 0) is 6.42 Å². The Morgan fingerprint density at radius 1 is 1.21 bits per heavy atom. The summed E-state index contributed by atoms with van der Waals surface area (Å²) in [6, 6.07) is 13.6. The fourth-order valence-electron chi connectivity index (χ4n) is 1.97. The minimum absolute atomic E-state index is 0.100. The molecule has 0 aliphatic heterocycles. The van der Waals surface area contributed by atoms with Crippen LogP contribution in [0.4, 0.5) is 0 Å². The number of rotatable bonds is 4. The van der Waals surface area contributed by atoms with E-state index in [0.29, 0.717) is 5.02 Å². The van der Waals surface area contributed by atoms with Crippen LogP contribution >= 0.6 is 11.6 Å². The predicted octanol–water partition coefficient (Wildman–Crippen LogP) is 4.33. The fraction of sp³-hybridized carbons (Fsp3) is 0.250. The maximum absolute atomic E-state index is 5.96. The Morgan fingerprint density at radius 3 is 2.68 bits per heavy atom. The van der Waals surface area contributed by atoms with E-state index < -0.39 is 0 Å². The van der Waals surface area contributed by atoms with Gasteiger partial charge in [-0.3, -0.25) is 0 Å². The third kappa shape index (κ3) is 3.98. The Balaban J connectivity index is 2.28. The van der Waals surface area contributed by atoms with Crippen LogP contribution in [-0.4, -0.2) is 6.04 Å². The SMILES string of the molecule is Cc1ccc(Oc2cccc(Cl)c2)c(CC(C)N)c1. The number of ether oxygens (including phenoxy) is 1. The van der Waals surface area contributed by atoms with Crippen molar-refractivity contribution < 1.29 is 4.74 Å². The second-order valence-electron chi connectivity index (χ2n) is 4.85. The summed E-state index contributed by atoms with van der Waals surface area (Å²) in [5.74, 6) is 1.58. The molecule has 0 bridgehead atoms. The molecule has 2 aromatic rings. The van der Waals surface area contributed by atoms with Crippen molar-refractivity contribution in [1.29, 1.82) is 0 Å². The quantitative estimate of drug-likeness (QED) is 0.901. The maximum Gasteiger partial charge on any atom is 0.130 e. The van der Waals surface area contributed by atoms with Crippen LogP contribution in [0.1, 0.15) is 18.1 Å². The van der Waals surface area contributed by atoms with E-state index >= 15 is 0 Å². The molecule has 1 unspecified atom stereocenters. The van der Waals surface area contributed by atoms with E-state index in [1.54, 1.807) is 6.07 Å². The van der Waals surface area contributed by atoms with Crippen molar-refractivity contribution in [3.05, 3.63) is 58.6 Å². The Hall–Kier alpha value is -1.51. The Kier molecular flexibility index (Phi) is 4.46. The van der Waals surface area contributed by atoms with Crippen molar-refractivity contribution in [3.8, 4) is 11.5 Å². The highest BCUT2D eigenvalue weighted by Gasteiger charge is 2.08. The molecular formula is C16H18ClNO. The predicted molar refractivity (Wildman–Crippen MR) is 80.1 cm³/mol. The highest BCUT2D eigenvalue weighted by Crippen LogP contribution is 2.28. The molecular weight excluding hydrogens is 258 g/mol. The molecule has 2 N–H and O–H groups in total. The van der Waals surface area contributed by atoms with Gasteiger partial charge in [0.15, 0.2) is 0 Å². The topological polar surface area (TPSA) is 35.2 Å². The van der Waals surface area contributed by atoms with Crippen LogP contribution in [0, 0.1) is 6.92 Å².